The Hall–Kier alpha value is -2.19. The Morgan fingerprint density at radius 2 is 2.27 bits per heavy atom. The number of hydrogen-bond acceptors (Lipinski definition) is 6. The van der Waals surface area contributed by atoms with Crippen LogP contribution in [0, 0.1) is 10.1 Å². The summed E-state index contributed by atoms with van der Waals surface area (Å²) in [6, 6.07) is 4.12. The van der Waals surface area contributed by atoms with Crippen molar-refractivity contribution in [1.29, 1.82) is 0 Å². The summed E-state index contributed by atoms with van der Waals surface area (Å²) < 4.78 is 5.10. The van der Waals surface area contributed by atoms with Crippen molar-refractivity contribution in [2.75, 3.05) is 45.2 Å². The minimum Gasteiger partial charge on any atom is -0.494 e. The molecule has 0 unspecified atom stereocenters. The van der Waals surface area contributed by atoms with E-state index in [0.29, 0.717) is 12.2 Å². The number of anilines is 1. The van der Waals surface area contributed by atoms with Crippen molar-refractivity contribution >= 4 is 17.3 Å². The van der Waals surface area contributed by atoms with Crippen molar-refractivity contribution in [2.45, 2.75) is 6.42 Å². The molecule has 1 aromatic carbocycles. The topological polar surface area (TPSA) is 96.7 Å². The summed E-state index contributed by atoms with van der Waals surface area (Å²) in [5, 5.41) is 16.8. The lowest BCUT2D eigenvalue weighted by Gasteiger charge is -2.19. The van der Waals surface area contributed by atoms with E-state index in [1.807, 2.05) is 0 Å². The fourth-order valence-electron chi connectivity index (χ4n) is 2.35. The highest BCUT2D eigenvalue weighted by Gasteiger charge is 2.16. The minimum absolute atomic E-state index is 0.0755. The highest BCUT2D eigenvalue weighted by atomic mass is 16.6. The molecule has 0 radical (unpaired) electrons. The molecule has 0 aliphatic carbocycles. The first-order valence-electron chi connectivity index (χ1n) is 7.15. The maximum atomic E-state index is 12.1. The molecular weight excluding hydrogens is 288 g/mol. The van der Waals surface area contributed by atoms with Gasteiger partial charge in [-0.2, -0.15) is 0 Å². The van der Waals surface area contributed by atoms with Gasteiger partial charge in [0.2, 0.25) is 5.91 Å². The first-order chi connectivity index (χ1) is 10.6. The maximum absolute atomic E-state index is 12.1. The Morgan fingerprint density at radius 1 is 1.45 bits per heavy atom. The van der Waals surface area contributed by atoms with Crippen molar-refractivity contribution in [2.24, 2.45) is 0 Å². The van der Waals surface area contributed by atoms with Crippen molar-refractivity contribution in [3.63, 3.8) is 0 Å². The van der Waals surface area contributed by atoms with Gasteiger partial charge in [-0.1, -0.05) is 0 Å². The van der Waals surface area contributed by atoms with E-state index >= 15 is 0 Å². The number of nitrogens with zero attached hydrogens (tertiary/aromatic N) is 2. The predicted octanol–water partition coefficient (Wildman–Crippen LogP) is 0.837. The van der Waals surface area contributed by atoms with Crippen LogP contribution in [-0.2, 0) is 4.79 Å². The van der Waals surface area contributed by atoms with Gasteiger partial charge in [-0.25, -0.2) is 0 Å². The van der Waals surface area contributed by atoms with Gasteiger partial charge in [0.05, 0.1) is 30.3 Å². The molecule has 1 saturated heterocycles. The number of benzene rings is 1. The molecule has 1 aliphatic rings. The van der Waals surface area contributed by atoms with Gasteiger partial charge in [-0.15, -0.1) is 0 Å². The van der Waals surface area contributed by atoms with Crippen molar-refractivity contribution in [3.8, 4) is 5.75 Å². The molecular formula is C14H20N4O4. The lowest BCUT2D eigenvalue weighted by Crippen LogP contribution is -2.35. The van der Waals surface area contributed by atoms with E-state index in [1.165, 1.54) is 25.3 Å². The van der Waals surface area contributed by atoms with Crippen molar-refractivity contribution in [3.05, 3.63) is 28.3 Å². The molecule has 0 spiro atoms. The quantitative estimate of drug-likeness (QED) is 0.618. The molecule has 1 fully saturated rings. The molecule has 1 heterocycles. The lowest BCUT2D eigenvalue weighted by molar-refractivity contribution is -0.384. The largest absolute Gasteiger partial charge is 0.494 e. The standard InChI is InChI=1S/C14H20N4O4/c1-22-13-9-11(18(20)21)3-4-12(13)16-14(19)10-17-7-2-5-15-6-8-17/h3-4,9,15H,2,5-8,10H2,1H3,(H,16,19). The maximum Gasteiger partial charge on any atom is 0.273 e. The van der Waals surface area contributed by atoms with Gasteiger partial charge in [0.25, 0.3) is 5.69 Å². The summed E-state index contributed by atoms with van der Waals surface area (Å²) in [7, 11) is 1.41. The van der Waals surface area contributed by atoms with Crippen LogP contribution in [0.25, 0.3) is 0 Å². The van der Waals surface area contributed by atoms with Gasteiger partial charge in [0.1, 0.15) is 5.75 Å². The number of methoxy groups -OCH3 is 1. The number of rotatable bonds is 5. The molecule has 0 bridgehead atoms. The third-order valence-electron chi connectivity index (χ3n) is 3.47. The third kappa shape index (κ3) is 4.40. The van der Waals surface area contributed by atoms with Crippen molar-refractivity contribution < 1.29 is 14.5 Å². The van der Waals surface area contributed by atoms with Crippen LogP contribution in [0.5, 0.6) is 5.75 Å². The second-order valence-electron chi connectivity index (χ2n) is 5.07. The summed E-state index contributed by atoms with van der Waals surface area (Å²) >= 11 is 0. The molecule has 8 nitrogen and oxygen atoms in total. The molecule has 22 heavy (non-hydrogen) atoms. The second kappa shape index (κ2) is 7.71. The highest BCUT2D eigenvalue weighted by Crippen LogP contribution is 2.28. The Bertz CT molecular complexity index is 542. The van der Waals surface area contributed by atoms with Crippen LogP contribution < -0.4 is 15.4 Å². The average Bonchev–Trinajstić information content (AvgIpc) is 2.76. The van der Waals surface area contributed by atoms with Gasteiger partial charge in [0, 0.05) is 19.2 Å². The van der Waals surface area contributed by atoms with Gasteiger partial charge >= 0.3 is 0 Å². The molecule has 2 N–H and O–H groups in total. The lowest BCUT2D eigenvalue weighted by atomic mass is 10.2. The smallest absolute Gasteiger partial charge is 0.273 e. The zero-order valence-electron chi connectivity index (χ0n) is 12.5. The zero-order chi connectivity index (χ0) is 15.9. The number of nitro groups is 1. The highest BCUT2D eigenvalue weighted by molar-refractivity contribution is 5.93. The summed E-state index contributed by atoms with van der Waals surface area (Å²) in [5.74, 6) is 0.120. The van der Waals surface area contributed by atoms with Crippen LogP contribution in [0.15, 0.2) is 18.2 Å². The molecule has 0 atom stereocenters. The van der Waals surface area contributed by atoms with Gasteiger partial charge in [-0.3, -0.25) is 19.8 Å². The number of nitrogens with one attached hydrogen (secondary N) is 2. The predicted molar refractivity (Wildman–Crippen MR) is 82.2 cm³/mol. The number of hydrogen-bond donors (Lipinski definition) is 2. The van der Waals surface area contributed by atoms with E-state index < -0.39 is 4.92 Å². The fraction of sp³-hybridized carbons (Fsp3) is 0.500. The van der Waals surface area contributed by atoms with E-state index in [4.69, 9.17) is 4.74 Å². The van der Waals surface area contributed by atoms with E-state index in [-0.39, 0.29) is 17.3 Å². The fourth-order valence-corrected chi connectivity index (χ4v) is 2.35. The number of ether oxygens (including phenoxy) is 1. The van der Waals surface area contributed by atoms with Crippen LogP contribution in [0.4, 0.5) is 11.4 Å². The SMILES string of the molecule is COc1cc([N+](=O)[O-])ccc1NC(=O)CN1CCCNCC1. The van der Waals surface area contributed by atoms with E-state index in [2.05, 4.69) is 15.5 Å². The number of nitro benzene ring substituents is 1. The summed E-state index contributed by atoms with van der Waals surface area (Å²) in [6.07, 6.45) is 1.01. The van der Waals surface area contributed by atoms with Crippen LogP contribution in [0.3, 0.4) is 0 Å². The summed E-state index contributed by atoms with van der Waals surface area (Å²) in [5.41, 5.74) is 0.361. The first kappa shape index (κ1) is 16.2. The number of non-ortho nitro benzene ring substituents is 1. The molecule has 0 aromatic heterocycles. The molecule has 0 saturated carbocycles. The average molecular weight is 308 g/mol. The minimum atomic E-state index is -0.502. The second-order valence-corrected chi connectivity index (χ2v) is 5.07. The molecule has 1 aromatic rings. The molecule has 8 heteroatoms. The first-order valence-corrected chi connectivity index (χ1v) is 7.15. The normalized spacial score (nSPS) is 15.9. The summed E-state index contributed by atoms with van der Waals surface area (Å²) in [6.45, 7) is 3.83. The van der Waals surface area contributed by atoms with E-state index in [9.17, 15) is 14.9 Å². The van der Waals surface area contributed by atoms with Gasteiger partial charge < -0.3 is 15.4 Å². The molecule has 1 aliphatic heterocycles. The molecule has 120 valence electrons. The third-order valence-corrected chi connectivity index (χ3v) is 3.47. The van der Waals surface area contributed by atoms with E-state index in [0.717, 1.165) is 32.6 Å². The Labute approximate surface area is 128 Å². The zero-order valence-corrected chi connectivity index (χ0v) is 12.5. The van der Waals surface area contributed by atoms with Crippen LogP contribution in [-0.4, -0.2) is 55.6 Å². The number of carbonyl (C=O) groups is 1. The monoisotopic (exact) mass is 308 g/mol. The summed E-state index contributed by atoms with van der Waals surface area (Å²) in [4.78, 5) is 24.4. The van der Waals surface area contributed by atoms with Crippen LogP contribution in [0.1, 0.15) is 6.42 Å². The van der Waals surface area contributed by atoms with Crippen molar-refractivity contribution in [1.82, 2.24) is 10.2 Å². The molecule has 1 amide bonds. The number of carbonyl (C=O) groups excluding carboxylic acids is 1. The molecule has 2 rings (SSSR count). The Balaban J connectivity index is 1.99. The van der Waals surface area contributed by atoms with Gasteiger partial charge in [0.15, 0.2) is 0 Å². The Morgan fingerprint density at radius 3 is 3.00 bits per heavy atom. The van der Waals surface area contributed by atoms with Gasteiger partial charge in [-0.05, 0) is 25.6 Å². The van der Waals surface area contributed by atoms with E-state index in [1.54, 1.807) is 0 Å². The van der Waals surface area contributed by atoms with Crippen LogP contribution >= 0.6 is 0 Å². The Kier molecular flexibility index (Phi) is 5.68. The van der Waals surface area contributed by atoms with Crippen LogP contribution in [0.2, 0.25) is 0 Å². The number of amides is 1.